The van der Waals surface area contributed by atoms with Gasteiger partial charge in [0, 0.05) is 5.03 Å². The minimum absolute atomic E-state index is 0.491. The Morgan fingerprint density at radius 2 is 1.50 bits per heavy atom. The van der Waals surface area contributed by atoms with Crippen molar-refractivity contribution in [3.05, 3.63) is 36.4 Å². The van der Waals surface area contributed by atoms with E-state index in [0.29, 0.717) is 5.03 Å². The Labute approximate surface area is 60.1 Å². The molecule has 0 amide bonds. The molecular weight excluding hydrogens is 143 g/mol. The fraction of sp³-hybridized carbons (Fsp3) is 0. The lowest BCUT2D eigenvalue weighted by Gasteiger charge is -1.67. The van der Waals surface area contributed by atoms with Gasteiger partial charge in [-0.1, -0.05) is 49.0 Å². The molecule has 0 heterocycles. The molecule has 0 aliphatic rings. The minimum Gasteiger partial charge on any atom is -0.0976 e. The van der Waals surface area contributed by atoms with Crippen LogP contribution < -0.4 is 0 Å². The maximum atomic E-state index is 5.15. The summed E-state index contributed by atoms with van der Waals surface area (Å²) in [5.41, 5.74) is 1.22. The summed E-state index contributed by atoms with van der Waals surface area (Å²) in [6.07, 6.45) is 1.49. The summed E-state index contributed by atoms with van der Waals surface area (Å²) >= 11 is 9.91. The molecular formula is C6H8Cl2. The molecule has 0 rings (SSSR count). The van der Waals surface area contributed by atoms with Gasteiger partial charge in [-0.3, -0.25) is 0 Å². The van der Waals surface area contributed by atoms with Crippen molar-refractivity contribution in [3.63, 3.8) is 0 Å². The molecule has 0 spiro atoms. The third-order valence-corrected chi connectivity index (χ3v) is 0.376. The van der Waals surface area contributed by atoms with Gasteiger partial charge in [-0.25, -0.2) is 0 Å². The van der Waals surface area contributed by atoms with E-state index in [2.05, 4.69) is 19.7 Å². The first kappa shape index (κ1) is 10.7. The molecule has 0 aromatic rings. The smallest absolute Gasteiger partial charge is 0.0328 e. The Kier molecular flexibility index (Phi) is 13.3. The van der Waals surface area contributed by atoms with Crippen LogP contribution in [-0.4, -0.2) is 0 Å². The standard InChI is InChI=1S/C4H5Cl.C2H3Cl/c1-3-4(2)5;1-2-3/h3H,1-2H2;2H,1H2. The highest BCUT2D eigenvalue weighted by Gasteiger charge is 1.63. The van der Waals surface area contributed by atoms with Crippen LogP contribution in [0.3, 0.4) is 0 Å². The van der Waals surface area contributed by atoms with Crippen molar-refractivity contribution in [1.82, 2.24) is 0 Å². The summed E-state index contributed by atoms with van der Waals surface area (Å²) in [5, 5.41) is 0.491. The highest BCUT2D eigenvalue weighted by atomic mass is 35.5. The van der Waals surface area contributed by atoms with Gasteiger partial charge in [0.2, 0.25) is 0 Å². The number of hydrogen-bond acceptors (Lipinski definition) is 0. The maximum Gasteiger partial charge on any atom is 0.0328 e. The molecule has 0 N–H and O–H groups in total. The number of allylic oxidation sites excluding steroid dienone is 2. The van der Waals surface area contributed by atoms with Crippen LogP contribution in [0.15, 0.2) is 36.4 Å². The van der Waals surface area contributed by atoms with Gasteiger partial charge in [0.05, 0.1) is 0 Å². The summed E-state index contributed by atoms with van der Waals surface area (Å²) in [4.78, 5) is 0. The zero-order chi connectivity index (χ0) is 6.99. The van der Waals surface area contributed by atoms with E-state index >= 15 is 0 Å². The van der Waals surface area contributed by atoms with E-state index < -0.39 is 0 Å². The third-order valence-electron chi connectivity index (χ3n) is 0.221. The zero-order valence-electron chi connectivity index (χ0n) is 4.53. The van der Waals surface area contributed by atoms with E-state index in [1.54, 1.807) is 0 Å². The first-order valence-corrected chi connectivity index (χ1v) is 2.68. The normalized spacial score (nSPS) is 5.75. The van der Waals surface area contributed by atoms with E-state index in [9.17, 15) is 0 Å². The fourth-order valence-corrected chi connectivity index (χ4v) is 0. The molecule has 0 saturated carbocycles. The van der Waals surface area contributed by atoms with Gasteiger partial charge < -0.3 is 0 Å². The third kappa shape index (κ3) is 41.2. The molecule has 0 saturated heterocycles. The van der Waals surface area contributed by atoms with Crippen LogP contribution >= 0.6 is 23.2 Å². The Morgan fingerprint density at radius 1 is 1.38 bits per heavy atom. The molecule has 0 bridgehead atoms. The van der Waals surface area contributed by atoms with Gasteiger partial charge in [-0.05, 0) is 5.54 Å². The highest BCUT2D eigenvalue weighted by Crippen LogP contribution is 1.92. The SMILES string of the molecule is C=CC(=C)Cl.C=CCl. The first-order chi connectivity index (χ1) is 3.68. The molecule has 0 aliphatic carbocycles. The van der Waals surface area contributed by atoms with Crippen molar-refractivity contribution in [2.24, 2.45) is 0 Å². The van der Waals surface area contributed by atoms with Crippen LogP contribution in [0.25, 0.3) is 0 Å². The second kappa shape index (κ2) is 9.93. The van der Waals surface area contributed by atoms with Crippen LogP contribution in [0.2, 0.25) is 0 Å². The van der Waals surface area contributed by atoms with Crippen molar-refractivity contribution in [2.75, 3.05) is 0 Å². The lowest BCUT2D eigenvalue weighted by atomic mass is 10.6. The second-order valence-corrected chi connectivity index (χ2v) is 1.60. The predicted molar refractivity (Wildman–Crippen MR) is 41.2 cm³/mol. The zero-order valence-corrected chi connectivity index (χ0v) is 6.04. The lowest BCUT2D eigenvalue weighted by Crippen LogP contribution is -1.42. The molecule has 0 unspecified atom stereocenters. The molecule has 0 aromatic carbocycles. The first-order valence-electron chi connectivity index (χ1n) is 1.87. The summed E-state index contributed by atoms with van der Waals surface area (Å²) in [6.45, 7) is 9.78. The molecule has 0 aliphatic heterocycles. The second-order valence-electron chi connectivity index (χ2n) is 0.805. The largest absolute Gasteiger partial charge is 0.0976 e. The molecule has 0 radical (unpaired) electrons. The summed E-state index contributed by atoms with van der Waals surface area (Å²) in [6, 6.07) is 0. The molecule has 0 nitrogen and oxygen atoms in total. The minimum atomic E-state index is 0.491. The molecule has 0 fully saturated rings. The van der Waals surface area contributed by atoms with Crippen LogP contribution in [0.4, 0.5) is 0 Å². The van der Waals surface area contributed by atoms with Gasteiger partial charge in [0.1, 0.15) is 0 Å². The van der Waals surface area contributed by atoms with E-state index in [4.69, 9.17) is 23.2 Å². The van der Waals surface area contributed by atoms with Crippen molar-refractivity contribution in [2.45, 2.75) is 0 Å². The Bertz CT molecular complexity index is 84.5. The van der Waals surface area contributed by atoms with Gasteiger partial charge in [0.15, 0.2) is 0 Å². The molecule has 8 heavy (non-hydrogen) atoms. The highest BCUT2D eigenvalue weighted by molar-refractivity contribution is 6.30. The molecule has 0 atom stereocenters. The number of rotatable bonds is 1. The van der Waals surface area contributed by atoms with Crippen LogP contribution in [-0.2, 0) is 0 Å². The van der Waals surface area contributed by atoms with Gasteiger partial charge >= 0.3 is 0 Å². The van der Waals surface area contributed by atoms with Crippen LogP contribution in [0.1, 0.15) is 0 Å². The number of hydrogen-bond donors (Lipinski definition) is 0. The van der Waals surface area contributed by atoms with Crippen LogP contribution in [0.5, 0.6) is 0 Å². The van der Waals surface area contributed by atoms with Crippen molar-refractivity contribution in [1.29, 1.82) is 0 Å². The summed E-state index contributed by atoms with van der Waals surface area (Å²) < 4.78 is 0. The van der Waals surface area contributed by atoms with E-state index in [1.807, 2.05) is 0 Å². The predicted octanol–water partition coefficient (Wildman–Crippen LogP) is 3.29. The van der Waals surface area contributed by atoms with Gasteiger partial charge in [-0.15, -0.1) is 0 Å². The Morgan fingerprint density at radius 3 is 1.50 bits per heavy atom. The van der Waals surface area contributed by atoms with E-state index in [0.717, 1.165) is 0 Å². The summed E-state index contributed by atoms with van der Waals surface area (Å²) in [7, 11) is 0. The Balaban J connectivity index is 0. The fourth-order valence-electron chi connectivity index (χ4n) is 0. The van der Waals surface area contributed by atoms with Crippen molar-refractivity contribution < 1.29 is 0 Å². The van der Waals surface area contributed by atoms with Crippen molar-refractivity contribution in [3.8, 4) is 0 Å². The van der Waals surface area contributed by atoms with E-state index in [-0.39, 0.29) is 0 Å². The maximum absolute atomic E-state index is 5.15. The average Bonchev–Trinajstić information content (AvgIpc) is 1.69. The van der Waals surface area contributed by atoms with E-state index in [1.165, 1.54) is 11.6 Å². The summed E-state index contributed by atoms with van der Waals surface area (Å²) in [5.74, 6) is 0. The number of halogens is 2. The quantitative estimate of drug-likeness (QED) is 0.504. The molecule has 46 valence electrons. The Hall–Kier alpha value is -0.200. The van der Waals surface area contributed by atoms with Gasteiger partial charge in [-0.2, -0.15) is 0 Å². The monoisotopic (exact) mass is 150 g/mol. The molecule has 0 aromatic heterocycles. The van der Waals surface area contributed by atoms with Crippen LogP contribution in [0, 0.1) is 0 Å². The topological polar surface area (TPSA) is 0 Å². The lowest BCUT2D eigenvalue weighted by molar-refractivity contribution is 2.04. The van der Waals surface area contributed by atoms with Gasteiger partial charge in [0.25, 0.3) is 0 Å². The molecule has 2 heteroatoms. The van der Waals surface area contributed by atoms with Crippen molar-refractivity contribution >= 4 is 23.2 Å². The average molecular weight is 151 g/mol.